The number of nitrogens with zero attached hydrogens (tertiary/aromatic N) is 1. The molecule has 7 heteroatoms. The van der Waals surface area contributed by atoms with E-state index in [0.29, 0.717) is 5.69 Å². The van der Waals surface area contributed by atoms with E-state index in [4.69, 9.17) is 10.5 Å². The second-order valence-corrected chi connectivity index (χ2v) is 4.85. The van der Waals surface area contributed by atoms with Gasteiger partial charge in [0.25, 0.3) is 0 Å². The Morgan fingerprint density at radius 3 is 2.65 bits per heavy atom. The predicted octanol–water partition coefficient (Wildman–Crippen LogP) is 1.92. The lowest BCUT2D eigenvalue weighted by Crippen LogP contribution is -2.41. The Hall–Kier alpha value is -3.09. The van der Waals surface area contributed by atoms with Crippen molar-refractivity contribution in [2.24, 2.45) is 0 Å². The van der Waals surface area contributed by atoms with E-state index in [1.165, 1.54) is 6.20 Å². The molecule has 0 saturated heterocycles. The number of nitrogens with two attached hydrogens (primary N) is 1. The van der Waals surface area contributed by atoms with Crippen molar-refractivity contribution in [2.45, 2.75) is 19.6 Å². The number of rotatable bonds is 5. The first-order valence-electron chi connectivity index (χ1n) is 7.05. The van der Waals surface area contributed by atoms with Gasteiger partial charge in [0.15, 0.2) is 0 Å². The third-order valence-corrected chi connectivity index (χ3v) is 3.04. The Morgan fingerprint density at radius 2 is 1.96 bits per heavy atom. The Labute approximate surface area is 133 Å². The van der Waals surface area contributed by atoms with Gasteiger partial charge >= 0.3 is 6.09 Å². The van der Waals surface area contributed by atoms with Gasteiger partial charge in [-0.05, 0) is 24.6 Å². The second kappa shape index (κ2) is 7.79. The molecule has 120 valence electrons. The van der Waals surface area contributed by atoms with E-state index < -0.39 is 18.0 Å². The summed E-state index contributed by atoms with van der Waals surface area (Å²) < 4.78 is 5.06. The van der Waals surface area contributed by atoms with Crippen LogP contribution >= 0.6 is 0 Å². The summed E-state index contributed by atoms with van der Waals surface area (Å²) in [6, 6.07) is 11.8. The molecule has 4 N–H and O–H groups in total. The second-order valence-electron chi connectivity index (χ2n) is 4.85. The first-order chi connectivity index (χ1) is 11.1. The SMILES string of the molecule is CC(NC(=O)OCc1ccccc1)C(=O)Nc1cccnc1N. The molecule has 0 aliphatic carbocycles. The van der Waals surface area contributed by atoms with Crippen LogP contribution in [-0.2, 0) is 16.1 Å². The number of alkyl carbamates (subject to hydrolysis) is 1. The third-order valence-electron chi connectivity index (χ3n) is 3.04. The lowest BCUT2D eigenvalue weighted by atomic mass is 10.2. The molecule has 2 rings (SSSR count). The molecule has 1 aromatic heterocycles. The third kappa shape index (κ3) is 4.99. The molecule has 0 aliphatic rings. The lowest BCUT2D eigenvalue weighted by Gasteiger charge is -2.14. The molecule has 7 nitrogen and oxygen atoms in total. The molecule has 1 unspecified atom stereocenters. The number of benzene rings is 1. The minimum absolute atomic E-state index is 0.135. The van der Waals surface area contributed by atoms with Gasteiger partial charge in [-0.15, -0.1) is 0 Å². The number of hydrogen-bond acceptors (Lipinski definition) is 5. The zero-order valence-corrected chi connectivity index (χ0v) is 12.7. The van der Waals surface area contributed by atoms with E-state index in [2.05, 4.69) is 15.6 Å². The van der Waals surface area contributed by atoms with Crippen molar-refractivity contribution >= 4 is 23.5 Å². The van der Waals surface area contributed by atoms with Crippen LogP contribution in [0.25, 0.3) is 0 Å². The summed E-state index contributed by atoms with van der Waals surface area (Å²) in [5, 5.41) is 5.05. The number of carbonyl (C=O) groups excluding carboxylic acids is 2. The van der Waals surface area contributed by atoms with Crippen LogP contribution in [0, 0.1) is 0 Å². The molecule has 2 amide bonds. The molecule has 0 fully saturated rings. The average molecular weight is 314 g/mol. The van der Waals surface area contributed by atoms with Crippen LogP contribution in [0.4, 0.5) is 16.3 Å². The largest absolute Gasteiger partial charge is 0.445 e. The van der Waals surface area contributed by atoms with Gasteiger partial charge in [0, 0.05) is 6.20 Å². The monoisotopic (exact) mass is 314 g/mol. The van der Waals surface area contributed by atoms with Gasteiger partial charge in [0.1, 0.15) is 18.5 Å². The zero-order chi connectivity index (χ0) is 16.7. The van der Waals surface area contributed by atoms with Crippen molar-refractivity contribution in [3.63, 3.8) is 0 Å². The molecular formula is C16H18N4O3. The van der Waals surface area contributed by atoms with Crippen LogP contribution in [0.5, 0.6) is 0 Å². The van der Waals surface area contributed by atoms with Crippen LogP contribution in [0.2, 0.25) is 0 Å². The molecule has 2 aromatic rings. The van der Waals surface area contributed by atoms with E-state index in [1.807, 2.05) is 30.3 Å². The van der Waals surface area contributed by atoms with E-state index in [1.54, 1.807) is 19.1 Å². The number of hydrogen-bond donors (Lipinski definition) is 3. The minimum Gasteiger partial charge on any atom is -0.445 e. The minimum atomic E-state index is -0.780. The predicted molar refractivity (Wildman–Crippen MR) is 86.5 cm³/mol. The highest BCUT2D eigenvalue weighted by molar-refractivity contribution is 5.97. The van der Waals surface area contributed by atoms with Crippen LogP contribution in [0.15, 0.2) is 48.7 Å². The molecule has 0 bridgehead atoms. The van der Waals surface area contributed by atoms with Crippen molar-refractivity contribution in [3.8, 4) is 0 Å². The lowest BCUT2D eigenvalue weighted by molar-refractivity contribution is -0.117. The molecule has 0 saturated carbocycles. The van der Waals surface area contributed by atoms with Crippen molar-refractivity contribution in [1.29, 1.82) is 0 Å². The van der Waals surface area contributed by atoms with Gasteiger partial charge in [-0.3, -0.25) is 4.79 Å². The molecule has 1 heterocycles. The molecular weight excluding hydrogens is 296 g/mol. The van der Waals surface area contributed by atoms with Crippen LogP contribution in [-0.4, -0.2) is 23.0 Å². The summed E-state index contributed by atoms with van der Waals surface area (Å²) in [6.45, 7) is 1.68. The average Bonchev–Trinajstić information content (AvgIpc) is 2.56. The summed E-state index contributed by atoms with van der Waals surface area (Å²) in [5.74, 6) is -0.207. The van der Waals surface area contributed by atoms with Crippen LogP contribution in [0.3, 0.4) is 0 Å². The number of anilines is 2. The molecule has 0 spiro atoms. The van der Waals surface area contributed by atoms with E-state index >= 15 is 0 Å². The van der Waals surface area contributed by atoms with Crippen molar-refractivity contribution in [3.05, 3.63) is 54.2 Å². The molecule has 0 radical (unpaired) electrons. The van der Waals surface area contributed by atoms with E-state index in [-0.39, 0.29) is 12.4 Å². The normalized spacial score (nSPS) is 11.3. The van der Waals surface area contributed by atoms with Crippen molar-refractivity contribution in [2.75, 3.05) is 11.1 Å². The fraction of sp³-hybridized carbons (Fsp3) is 0.188. The summed E-state index contributed by atoms with van der Waals surface area (Å²) >= 11 is 0. The highest BCUT2D eigenvalue weighted by Crippen LogP contribution is 2.13. The first kappa shape index (κ1) is 16.3. The number of nitrogen functional groups attached to an aromatic ring is 1. The van der Waals surface area contributed by atoms with E-state index in [0.717, 1.165) is 5.56 Å². The van der Waals surface area contributed by atoms with Crippen LogP contribution < -0.4 is 16.4 Å². The molecule has 1 atom stereocenters. The Balaban J connectivity index is 1.81. The number of nitrogens with one attached hydrogen (secondary N) is 2. The maximum Gasteiger partial charge on any atom is 0.408 e. The van der Waals surface area contributed by atoms with Crippen molar-refractivity contribution in [1.82, 2.24) is 10.3 Å². The number of pyridine rings is 1. The standard InChI is InChI=1S/C16H18N4O3/c1-11(15(21)20-13-8-5-9-18-14(13)17)19-16(22)23-10-12-6-3-2-4-7-12/h2-9,11H,10H2,1H3,(H2,17,18)(H,19,22)(H,20,21). The maximum atomic E-state index is 12.0. The number of carbonyl (C=O) groups is 2. The number of ether oxygens (including phenoxy) is 1. The quantitative estimate of drug-likeness (QED) is 0.781. The molecule has 1 aromatic carbocycles. The van der Waals surface area contributed by atoms with Gasteiger partial charge in [-0.25, -0.2) is 9.78 Å². The van der Waals surface area contributed by atoms with Gasteiger partial charge in [-0.2, -0.15) is 0 Å². The summed E-state index contributed by atoms with van der Waals surface area (Å²) in [5.41, 5.74) is 6.90. The molecule has 0 aliphatic heterocycles. The fourth-order valence-corrected chi connectivity index (χ4v) is 1.77. The Bertz CT molecular complexity index is 676. The van der Waals surface area contributed by atoms with Gasteiger partial charge in [0.05, 0.1) is 5.69 Å². The highest BCUT2D eigenvalue weighted by Gasteiger charge is 2.17. The number of aromatic nitrogens is 1. The van der Waals surface area contributed by atoms with Gasteiger partial charge < -0.3 is 21.1 Å². The zero-order valence-electron chi connectivity index (χ0n) is 12.7. The summed E-state index contributed by atoms with van der Waals surface area (Å²) in [7, 11) is 0. The number of amides is 2. The van der Waals surface area contributed by atoms with Crippen molar-refractivity contribution < 1.29 is 14.3 Å². The van der Waals surface area contributed by atoms with Gasteiger partial charge in [-0.1, -0.05) is 30.3 Å². The first-order valence-corrected chi connectivity index (χ1v) is 7.05. The smallest absolute Gasteiger partial charge is 0.408 e. The van der Waals surface area contributed by atoms with Gasteiger partial charge in [0.2, 0.25) is 5.91 Å². The van der Waals surface area contributed by atoms with E-state index in [9.17, 15) is 9.59 Å². The Kier molecular flexibility index (Phi) is 5.51. The fourth-order valence-electron chi connectivity index (χ4n) is 1.77. The topological polar surface area (TPSA) is 106 Å². The van der Waals surface area contributed by atoms with Crippen LogP contribution in [0.1, 0.15) is 12.5 Å². The maximum absolute atomic E-state index is 12.0. The summed E-state index contributed by atoms with van der Waals surface area (Å²) in [4.78, 5) is 27.6. The highest BCUT2D eigenvalue weighted by atomic mass is 16.5. The molecule has 23 heavy (non-hydrogen) atoms. The summed E-state index contributed by atoms with van der Waals surface area (Å²) in [6.07, 6.45) is 0.851. The Morgan fingerprint density at radius 1 is 1.22 bits per heavy atom.